The zero-order valence-electron chi connectivity index (χ0n) is 20.7. The topological polar surface area (TPSA) is 114 Å². The van der Waals surface area contributed by atoms with Gasteiger partial charge < -0.3 is 20.1 Å². The lowest BCUT2D eigenvalue weighted by Gasteiger charge is -2.13. The average molecular weight is 572 g/mol. The number of rotatable bonds is 9. The molecule has 0 radical (unpaired) electrons. The highest BCUT2D eigenvalue weighted by molar-refractivity contribution is 8.18. The number of carbonyl (C=O) groups is 4. The molecule has 3 aromatic rings. The van der Waals surface area contributed by atoms with Gasteiger partial charge in [-0.3, -0.25) is 24.1 Å². The molecule has 206 valence electrons. The van der Waals surface area contributed by atoms with Crippen molar-refractivity contribution in [1.82, 2.24) is 4.90 Å². The van der Waals surface area contributed by atoms with Crippen LogP contribution in [0, 0.1) is 17.5 Å². The molecule has 3 aromatic carbocycles. The van der Waals surface area contributed by atoms with Crippen LogP contribution in [0.15, 0.2) is 65.6 Å². The number of hydrogen-bond donors (Lipinski definition) is 2. The Hall–Kier alpha value is -4.78. The van der Waals surface area contributed by atoms with Crippen LogP contribution < -0.4 is 20.1 Å². The summed E-state index contributed by atoms with van der Waals surface area (Å²) in [6, 6.07) is 14.9. The molecule has 13 heteroatoms. The molecule has 0 spiro atoms. The standard InChI is InChI=1S/C27H20F3N3O6S/c1-38-20-11-15(7-10-19(20)39-14-23(35)31-16-5-3-2-4-6-16)12-21-26(36)33(27(37)40-21)13-22(34)32-18-9-8-17(28)24(29)25(18)30/h2-12H,13-14H2,1H3,(H,31,35)(H,32,34)/b21-12-. The summed E-state index contributed by atoms with van der Waals surface area (Å²) in [5, 5.41) is 3.94. The number of hydrogen-bond acceptors (Lipinski definition) is 7. The number of imide groups is 1. The van der Waals surface area contributed by atoms with Gasteiger partial charge in [0.05, 0.1) is 17.7 Å². The number of halogens is 3. The number of nitrogens with one attached hydrogen (secondary N) is 2. The second-order valence-corrected chi connectivity index (χ2v) is 9.15. The lowest BCUT2D eigenvalue weighted by atomic mass is 10.2. The maximum absolute atomic E-state index is 13.8. The lowest BCUT2D eigenvalue weighted by molar-refractivity contribution is -0.127. The number of amides is 4. The molecule has 0 aromatic heterocycles. The average Bonchev–Trinajstić information content (AvgIpc) is 3.20. The molecule has 1 saturated heterocycles. The van der Waals surface area contributed by atoms with Crippen molar-refractivity contribution in [1.29, 1.82) is 0 Å². The van der Waals surface area contributed by atoms with Gasteiger partial charge in [-0.1, -0.05) is 24.3 Å². The van der Waals surface area contributed by atoms with Gasteiger partial charge in [0, 0.05) is 5.69 Å². The van der Waals surface area contributed by atoms with Crippen molar-refractivity contribution in [2.75, 3.05) is 30.9 Å². The van der Waals surface area contributed by atoms with E-state index in [4.69, 9.17) is 9.47 Å². The van der Waals surface area contributed by atoms with E-state index in [1.165, 1.54) is 25.3 Å². The number of carbonyl (C=O) groups excluding carboxylic acids is 4. The van der Waals surface area contributed by atoms with Crippen LogP contribution >= 0.6 is 11.8 Å². The highest BCUT2D eigenvalue weighted by atomic mass is 32.2. The Labute approximate surface area is 229 Å². The van der Waals surface area contributed by atoms with E-state index in [9.17, 15) is 32.3 Å². The van der Waals surface area contributed by atoms with E-state index in [2.05, 4.69) is 5.32 Å². The Morgan fingerprint density at radius 2 is 1.68 bits per heavy atom. The summed E-state index contributed by atoms with van der Waals surface area (Å²) < 4.78 is 51.2. The summed E-state index contributed by atoms with van der Waals surface area (Å²) in [7, 11) is 1.39. The van der Waals surface area contributed by atoms with Crippen molar-refractivity contribution in [3.8, 4) is 11.5 Å². The Bertz CT molecular complexity index is 1520. The van der Waals surface area contributed by atoms with Crippen LogP contribution in [0.4, 0.5) is 29.3 Å². The third-order valence-corrected chi connectivity index (χ3v) is 6.29. The van der Waals surface area contributed by atoms with Gasteiger partial charge in [-0.05, 0) is 59.8 Å². The first-order valence-electron chi connectivity index (χ1n) is 11.5. The first-order chi connectivity index (χ1) is 19.2. The minimum Gasteiger partial charge on any atom is -0.493 e. The summed E-state index contributed by atoms with van der Waals surface area (Å²) in [6.07, 6.45) is 1.40. The fourth-order valence-electron chi connectivity index (χ4n) is 3.50. The van der Waals surface area contributed by atoms with Crippen molar-refractivity contribution >= 4 is 52.2 Å². The van der Waals surface area contributed by atoms with Crippen LogP contribution in [-0.4, -0.2) is 48.1 Å². The number of para-hydroxylation sites is 1. The fourth-order valence-corrected chi connectivity index (χ4v) is 4.34. The van der Waals surface area contributed by atoms with Gasteiger partial charge in [0.2, 0.25) is 5.91 Å². The van der Waals surface area contributed by atoms with E-state index in [1.54, 1.807) is 30.3 Å². The van der Waals surface area contributed by atoms with E-state index in [0.717, 1.165) is 6.07 Å². The van der Waals surface area contributed by atoms with E-state index in [1.807, 2.05) is 11.4 Å². The van der Waals surface area contributed by atoms with Crippen molar-refractivity contribution in [3.63, 3.8) is 0 Å². The van der Waals surface area contributed by atoms with Gasteiger partial charge in [0.15, 0.2) is 35.6 Å². The fraction of sp³-hybridized carbons (Fsp3) is 0.111. The maximum Gasteiger partial charge on any atom is 0.294 e. The molecule has 9 nitrogen and oxygen atoms in total. The highest BCUT2D eigenvalue weighted by Crippen LogP contribution is 2.34. The molecule has 0 saturated carbocycles. The number of benzene rings is 3. The normalized spacial score (nSPS) is 13.9. The molecule has 0 unspecified atom stereocenters. The molecule has 1 aliphatic rings. The SMILES string of the molecule is COc1cc(/C=C2\SC(=O)N(CC(=O)Nc3ccc(F)c(F)c3F)C2=O)ccc1OCC(=O)Nc1ccccc1. The van der Waals surface area contributed by atoms with Gasteiger partial charge in [0.25, 0.3) is 17.1 Å². The van der Waals surface area contributed by atoms with Gasteiger partial charge >= 0.3 is 0 Å². The van der Waals surface area contributed by atoms with Crippen LogP contribution in [-0.2, 0) is 14.4 Å². The van der Waals surface area contributed by atoms with Crippen LogP contribution in [0.2, 0.25) is 0 Å². The first-order valence-corrected chi connectivity index (χ1v) is 12.3. The van der Waals surface area contributed by atoms with E-state index in [-0.39, 0.29) is 28.9 Å². The summed E-state index contributed by atoms with van der Waals surface area (Å²) in [4.78, 5) is 50.2. The summed E-state index contributed by atoms with van der Waals surface area (Å²) in [6.45, 7) is -1.07. The second-order valence-electron chi connectivity index (χ2n) is 8.15. The van der Waals surface area contributed by atoms with E-state index < -0.39 is 46.7 Å². The quantitative estimate of drug-likeness (QED) is 0.280. The molecule has 2 N–H and O–H groups in total. The van der Waals surface area contributed by atoms with Crippen LogP contribution in [0.3, 0.4) is 0 Å². The molecule has 1 fully saturated rings. The van der Waals surface area contributed by atoms with Crippen molar-refractivity contribution < 1.29 is 41.8 Å². The predicted molar refractivity (Wildman–Crippen MR) is 141 cm³/mol. The largest absolute Gasteiger partial charge is 0.493 e. The predicted octanol–water partition coefficient (Wildman–Crippen LogP) is 4.81. The number of methoxy groups -OCH3 is 1. The minimum absolute atomic E-state index is 0.00484. The maximum atomic E-state index is 13.8. The summed E-state index contributed by atoms with van der Waals surface area (Å²) in [5.74, 6) is -6.46. The third kappa shape index (κ3) is 6.61. The van der Waals surface area contributed by atoms with Crippen molar-refractivity contribution in [2.24, 2.45) is 0 Å². The van der Waals surface area contributed by atoms with E-state index in [0.29, 0.717) is 34.0 Å². The Kier molecular flexibility index (Phi) is 8.74. The molecule has 0 atom stereocenters. The third-order valence-electron chi connectivity index (χ3n) is 5.39. The van der Waals surface area contributed by atoms with Crippen molar-refractivity contribution in [3.05, 3.63) is 88.6 Å². The van der Waals surface area contributed by atoms with Crippen LogP contribution in [0.1, 0.15) is 5.56 Å². The molecule has 1 heterocycles. The molecule has 4 amide bonds. The van der Waals surface area contributed by atoms with Gasteiger partial charge in [-0.25, -0.2) is 13.2 Å². The minimum atomic E-state index is -1.77. The Balaban J connectivity index is 1.39. The molecular formula is C27H20F3N3O6S. The number of nitrogens with zero attached hydrogens (tertiary/aromatic N) is 1. The Morgan fingerprint density at radius 1 is 0.925 bits per heavy atom. The monoisotopic (exact) mass is 571 g/mol. The second kappa shape index (κ2) is 12.4. The highest BCUT2D eigenvalue weighted by Gasteiger charge is 2.36. The smallest absolute Gasteiger partial charge is 0.294 e. The molecule has 1 aliphatic heterocycles. The first kappa shape index (κ1) is 28.2. The van der Waals surface area contributed by atoms with Gasteiger partial charge in [-0.2, -0.15) is 0 Å². The van der Waals surface area contributed by atoms with Gasteiger partial charge in [0.1, 0.15) is 6.54 Å². The molecular weight excluding hydrogens is 551 g/mol. The van der Waals surface area contributed by atoms with Gasteiger partial charge in [-0.15, -0.1) is 0 Å². The van der Waals surface area contributed by atoms with Crippen LogP contribution in [0.5, 0.6) is 11.5 Å². The van der Waals surface area contributed by atoms with Crippen molar-refractivity contribution in [2.45, 2.75) is 0 Å². The van der Waals surface area contributed by atoms with E-state index >= 15 is 0 Å². The zero-order chi connectivity index (χ0) is 28.8. The Morgan fingerprint density at radius 3 is 2.40 bits per heavy atom. The number of ether oxygens (including phenoxy) is 2. The zero-order valence-corrected chi connectivity index (χ0v) is 21.5. The molecule has 0 bridgehead atoms. The summed E-state index contributed by atoms with van der Waals surface area (Å²) >= 11 is 0.575. The molecule has 40 heavy (non-hydrogen) atoms. The number of thioether (sulfide) groups is 1. The van der Waals surface area contributed by atoms with Crippen LogP contribution in [0.25, 0.3) is 6.08 Å². The number of anilines is 2. The molecule has 4 rings (SSSR count). The molecule has 0 aliphatic carbocycles. The summed E-state index contributed by atoms with van der Waals surface area (Å²) in [5.41, 5.74) is 0.427. The lowest BCUT2D eigenvalue weighted by Crippen LogP contribution is -2.36.